The number of nitro benzene ring substituents is 2. The van der Waals surface area contributed by atoms with E-state index in [4.69, 9.17) is 9.47 Å². The fraction of sp³-hybridized carbons (Fsp3) is 0.370. The van der Waals surface area contributed by atoms with Crippen molar-refractivity contribution in [2.75, 3.05) is 19.6 Å². The quantitative estimate of drug-likeness (QED) is 0.189. The second-order valence-corrected chi connectivity index (χ2v) is 10.6. The summed E-state index contributed by atoms with van der Waals surface area (Å²) in [5.41, 5.74) is 1.09. The highest BCUT2D eigenvalue weighted by molar-refractivity contribution is 7.81. The number of benzene rings is 2. The van der Waals surface area contributed by atoms with Gasteiger partial charge in [-0.15, -0.1) is 0 Å². The Kier molecular flexibility index (Phi) is 9.96. The first kappa shape index (κ1) is 30.3. The molecule has 0 bridgehead atoms. The van der Waals surface area contributed by atoms with Crippen molar-refractivity contribution in [2.24, 2.45) is 0 Å². The summed E-state index contributed by atoms with van der Waals surface area (Å²) in [5.74, 6) is -0.264. The Morgan fingerprint density at radius 1 is 0.929 bits per heavy atom. The van der Waals surface area contributed by atoms with E-state index in [1.54, 1.807) is 11.0 Å². The van der Waals surface area contributed by atoms with Crippen molar-refractivity contribution in [3.05, 3.63) is 92.0 Å². The number of alkyl carbamates (subject to hydrolysis) is 1. The van der Waals surface area contributed by atoms with E-state index in [1.165, 1.54) is 59.5 Å². The summed E-state index contributed by atoms with van der Waals surface area (Å²) >= 11 is 4.48. The number of nitrogens with one attached hydrogen (secondary N) is 1. The van der Waals surface area contributed by atoms with E-state index in [9.17, 15) is 34.6 Å². The van der Waals surface area contributed by atoms with E-state index in [1.807, 2.05) is 0 Å². The molecule has 2 heterocycles. The van der Waals surface area contributed by atoms with Crippen LogP contribution in [0.15, 0.2) is 60.7 Å². The Morgan fingerprint density at radius 2 is 1.50 bits per heavy atom. The zero-order valence-corrected chi connectivity index (χ0v) is 23.3. The average Bonchev–Trinajstić information content (AvgIpc) is 3.60. The van der Waals surface area contributed by atoms with Gasteiger partial charge in [0.05, 0.1) is 21.9 Å². The summed E-state index contributed by atoms with van der Waals surface area (Å²) in [4.78, 5) is 61.3. The number of nitrogens with zero attached hydrogens (tertiary/aromatic N) is 4. The first-order chi connectivity index (χ1) is 20.1. The molecule has 0 saturated carbocycles. The molecule has 2 aliphatic heterocycles. The Hall–Kier alpha value is -4.66. The molecular formula is C27H29N5O9S. The predicted octanol–water partition coefficient (Wildman–Crippen LogP) is 3.60. The SMILES string of the molecule is O=C(N[C@@H]1CCN(C(=O)/C=C/[C@@H]2C[C@H](S)CN2C(=O)OCc2ccc([N+](=O)[O-])cc2)C1)OCc1ccc([N+](=O)[O-])cc1. The molecule has 2 saturated heterocycles. The number of nitro groups is 2. The molecule has 0 radical (unpaired) electrons. The van der Waals surface area contributed by atoms with Crippen molar-refractivity contribution in [3.8, 4) is 0 Å². The van der Waals surface area contributed by atoms with Crippen molar-refractivity contribution in [2.45, 2.75) is 43.4 Å². The molecule has 3 amide bonds. The molecule has 0 aromatic heterocycles. The van der Waals surface area contributed by atoms with E-state index >= 15 is 0 Å². The first-order valence-electron chi connectivity index (χ1n) is 13.1. The molecule has 3 atom stereocenters. The van der Waals surface area contributed by atoms with Crippen molar-refractivity contribution in [1.29, 1.82) is 0 Å². The number of rotatable bonds is 9. The number of hydrogen-bond acceptors (Lipinski definition) is 10. The van der Waals surface area contributed by atoms with Crippen molar-refractivity contribution in [1.82, 2.24) is 15.1 Å². The maximum absolute atomic E-state index is 12.8. The second-order valence-electron chi connectivity index (χ2n) is 9.86. The highest BCUT2D eigenvalue weighted by Crippen LogP contribution is 2.24. The molecule has 4 rings (SSSR count). The predicted molar refractivity (Wildman–Crippen MR) is 152 cm³/mol. The molecular weight excluding hydrogens is 570 g/mol. The number of amides is 3. The van der Waals surface area contributed by atoms with Crippen molar-refractivity contribution >= 4 is 42.1 Å². The maximum Gasteiger partial charge on any atom is 0.410 e. The van der Waals surface area contributed by atoms with Crippen LogP contribution in [-0.4, -0.2) is 74.7 Å². The number of thiol groups is 1. The van der Waals surface area contributed by atoms with Gasteiger partial charge >= 0.3 is 12.2 Å². The molecule has 2 aliphatic rings. The van der Waals surface area contributed by atoms with Crippen LogP contribution in [0.2, 0.25) is 0 Å². The number of carbonyl (C=O) groups is 3. The highest BCUT2D eigenvalue weighted by Gasteiger charge is 2.34. The number of hydrogen-bond donors (Lipinski definition) is 2. The van der Waals surface area contributed by atoms with Gasteiger partial charge < -0.3 is 24.6 Å². The highest BCUT2D eigenvalue weighted by atomic mass is 32.1. The lowest BCUT2D eigenvalue weighted by molar-refractivity contribution is -0.385. The minimum atomic E-state index is -0.656. The van der Waals surface area contributed by atoms with E-state index in [0.29, 0.717) is 37.1 Å². The molecule has 15 heteroatoms. The zero-order valence-electron chi connectivity index (χ0n) is 22.4. The molecule has 0 unspecified atom stereocenters. The molecule has 2 aromatic carbocycles. The monoisotopic (exact) mass is 599 g/mol. The van der Waals surface area contributed by atoms with Gasteiger partial charge in [0.25, 0.3) is 11.4 Å². The van der Waals surface area contributed by atoms with Crippen LogP contribution in [0, 0.1) is 20.2 Å². The van der Waals surface area contributed by atoms with Crippen LogP contribution in [0.1, 0.15) is 24.0 Å². The van der Waals surface area contributed by atoms with E-state index in [2.05, 4.69) is 17.9 Å². The normalized spacial score (nSPS) is 20.0. The Morgan fingerprint density at radius 3 is 2.07 bits per heavy atom. The van der Waals surface area contributed by atoms with Crippen LogP contribution >= 0.6 is 12.6 Å². The molecule has 222 valence electrons. The van der Waals surface area contributed by atoms with Gasteiger partial charge in [-0.3, -0.25) is 25.0 Å². The van der Waals surface area contributed by atoms with E-state index < -0.39 is 28.1 Å². The number of ether oxygens (including phenoxy) is 2. The third-order valence-electron chi connectivity index (χ3n) is 6.87. The van der Waals surface area contributed by atoms with Gasteiger partial charge in [-0.1, -0.05) is 6.08 Å². The second kappa shape index (κ2) is 13.8. The molecule has 1 N–H and O–H groups in total. The molecule has 42 heavy (non-hydrogen) atoms. The van der Waals surface area contributed by atoms with E-state index in [-0.39, 0.29) is 48.3 Å². The summed E-state index contributed by atoms with van der Waals surface area (Å²) in [5, 5.41) is 24.2. The van der Waals surface area contributed by atoms with Gasteiger partial charge in [-0.2, -0.15) is 12.6 Å². The van der Waals surface area contributed by atoms with Gasteiger partial charge in [0.2, 0.25) is 5.91 Å². The van der Waals surface area contributed by atoms with Crippen molar-refractivity contribution < 1.29 is 33.7 Å². The summed E-state index contributed by atoms with van der Waals surface area (Å²) in [6.45, 7) is 0.942. The Labute approximate surface area is 246 Å². The van der Waals surface area contributed by atoms with Crippen LogP contribution in [0.5, 0.6) is 0 Å². The van der Waals surface area contributed by atoms with Gasteiger partial charge in [-0.05, 0) is 48.2 Å². The van der Waals surface area contributed by atoms with Gasteiger partial charge in [0.1, 0.15) is 13.2 Å². The van der Waals surface area contributed by atoms with Crippen LogP contribution < -0.4 is 5.32 Å². The number of likely N-dealkylation sites (tertiary alicyclic amines) is 2. The van der Waals surface area contributed by atoms with Crippen LogP contribution in [-0.2, 0) is 27.5 Å². The Balaban J connectivity index is 1.22. The minimum Gasteiger partial charge on any atom is -0.445 e. The van der Waals surface area contributed by atoms with Crippen LogP contribution in [0.25, 0.3) is 0 Å². The smallest absolute Gasteiger partial charge is 0.410 e. The molecule has 0 aliphatic carbocycles. The Bertz CT molecular complexity index is 1350. The first-order valence-corrected chi connectivity index (χ1v) is 13.6. The zero-order chi connectivity index (χ0) is 30.2. The lowest BCUT2D eigenvalue weighted by Gasteiger charge is -2.22. The standard InChI is InChI=1S/C27H29N5O9S/c33-25(29-12-11-20(14-29)28-26(34)40-16-18-1-5-21(6-2-18)31(36)37)10-9-23-13-24(42)15-30(23)27(35)41-17-19-3-7-22(8-4-19)32(38)39/h1-10,20,23-24,42H,11-17H2,(H,28,34)/b10-9+/t20-,23-,24+/m1/s1. The fourth-order valence-corrected chi connectivity index (χ4v) is 5.02. The molecule has 2 aromatic rings. The van der Waals surface area contributed by atoms with Gasteiger partial charge in [0, 0.05) is 55.2 Å². The van der Waals surface area contributed by atoms with Crippen LogP contribution in [0.4, 0.5) is 21.0 Å². The lowest BCUT2D eigenvalue weighted by Crippen LogP contribution is -2.38. The summed E-state index contributed by atoms with van der Waals surface area (Å²) < 4.78 is 10.6. The minimum absolute atomic E-state index is 0.0533. The van der Waals surface area contributed by atoms with Crippen LogP contribution in [0.3, 0.4) is 0 Å². The van der Waals surface area contributed by atoms with Crippen molar-refractivity contribution in [3.63, 3.8) is 0 Å². The largest absolute Gasteiger partial charge is 0.445 e. The number of carbonyl (C=O) groups excluding carboxylic acids is 3. The summed E-state index contributed by atoms with van der Waals surface area (Å²) in [7, 11) is 0. The van der Waals surface area contributed by atoms with Gasteiger partial charge in [-0.25, -0.2) is 9.59 Å². The van der Waals surface area contributed by atoms with E-state index in [0.717, 1.165) is 0 Å². The third kappa shape index (κ3) is 8.19. The fourth-order valence-electron chi connectivity index (χ4n) is 4.63. The molecule has 2 fully saturated rings. The summed E-state index contributed by atoms with van der Waals surface area (Å²) in [6.07, 6.45) is 2.88. The topological polar surface area (TPSA) is 174 Å². The molecule has 14 nitrogen and oxygen atoms in total. The van der Waals surface area contributed by atoms with Gasteiger partial charge in [0.15, 0.2) is 0 Å². The average molecular weight is 600 g/mol. The lowest BCUT2D eigenvalue weighted by atomic mass is 10.2. The maximum atomic E-state index is 12.8. The number of non-ortho nitro benzene ring substituents is 2. The third-order valence-corrected chi connectivity index (χ3v) is 7.24. The molecule has 0 spiro atoms. The summed E-state index contributed by atoms with van der Waals surface area (Å²) in [6, 6.07) is 10.7.